The standard InChI is InChI=1S/C13H21NO2/c1-3-4-11(2)14-12-5-7-13(8-6-12)15-9-10-16-13/h1,11-12,14H,4-10H2,2H3. The van der Waals surface area contributed by atoms with E-state index in [4.69, 9.17) is 15.9 Å². The zero-order chi connectivity index (χ0) is 11.4. The molecule has 1 heterocycles. The fraction of sp³-hybridized carbons (Fsp3) is 0.846. The minimum absolute atomic E-state index is 0.243. The molecule has 90 valence electrons. The summed E-state index contributed by atoms with van der Waals surface area (Å²) in [7, 11) is 0. The third-order valence-electron chi connectivity index (χ3n) is 3.51. The predicted octanol–water partition coefficient (Wildman–Crippen LogP) is 1.67. The van der Waals surface area contributed by atoms with Crippen molar-refractivity contribution in [1.82, 2.24) is 5.32 Å². The molecule has 2 fully saturated rings. The maximum Gasteiger partial charge on any atom is 0.168 e. The van der Waals surface area contributed by atoms with Crippen molar-refractivity contribution in [3.8, 4) is 12.3 Å². The van der Waals surface area contributed by atoms with Crippen molar-refractivity contribution in [3.63, 3.8) is 0 Å². The van der Waals surface area contributed by atoms with E-state index >= 15 is 0 Å². The van der Waals surface area contributed by atoms with Crippen molar-refractivity contribution in [1.29, 1.82) is 0 Å². The Morgan fingerprint density at radius 1 is 1.38 bits per heavy atom. The van der Waals surface area contributed by atoms with Crippen molar-refractivity contribution in [3.05, 3.63) is 0 Å². The number of nitrogens with one attached hydrogen (secondary N) is 1. The fourth-order valence-corrected chi connectivity index (χ4v) is 2.65. The van der Waals surface area contributed by atoms with E-state index in [-0.39, 0.29) is 5.79 Å². The SMILES string of the molecule is C#CCC(C)NC1CCC2(CC1)OCCO2. The van der Waals surface area contributed by atoms with Crippen molar-refractivity contribution in [2.24, 2.45) is 0 Å². The number of ether oxygens (including phenoxy) is 2. The van der Waals surface area contributed by atoms with Gasteiger partial charge in [0, 0.05) is 31.3 Å². The molecule has 1 N–H and O–H groups in total. The molecule has 1 unspecified atom stereocenters. The summed E-state index contributed by atoms with van der Waals surface area (Å²) in [6.45, 7) is 3.66. The van der Waals surface area contributed by atoms with Gasteiger partial charge in [-0.3, -0.25) is 0 Å². The van der Waals surface area contributed by atoms with Crippen LogP contribution in [-0.4, -0.2) is 31.1 Å². The quantitative estimate of drug-likeness (QED) is 0.738. The minimum Gasteiger partial charge on any atom is -0.348 e. The highest BCUT2D eigenvalue weighted by atomic mass is 16.7. The Labute approximate surface area is 97.9 Å². The topological polar surface area (TPSA) is 30.5 Å². The Hall–Kier alpha value is -0.560. The van der Waals surface area contributed by atoms with Crippen LogP contribution in [0, 0.1) is 12.3 Å². The van der Waals surface area contributed by atoms with E-state index in [1.807, 2.05) is 0 Å². The molecule has 16 heavy (non-hydrogen) atoms. The second kappa shape index (κ2) is 5.18. The molecule has 3 nitrogen and oxygen atoms in total. The predicted molar refractivity (Wildman–Crippen MR) is 62.9 cm³/mol. The van der Waals surface area contributed by atoms with Gasteiger partial charge in [-0.05, 0) is 19.8 Å². The fourth-order valence-electron chi connectivity index (χ4n) is 2.65. The van der Waals surface area contributed by atoms with E-state index in [1.54, 1.807) is 0 Å². The summed E-state index contributed by atoms with van der Waals surface area (Å²) in [5.74, 6) is 2.45. The normalized spacial score (nSPS) is 26.8. The van der Waals surface area contributed by atoms with E-state index in [0.717, 1.165) is 45.3 Å². The first-order chi connectivity index (χ1) is 7.74. The first kappa shape index (κ1) is 11.9. The molecule has 0 aromatic heterocycles. The van der Waals surface area contributed by atoms with E-state index < -0.39 is 0 Å². The van der Waals surface area contributed by atoms with Gasteiger partial charge in [0.1, 0.15) is 0 Å². The summed E-state index contributed by atoms with van der Waals surface area (Å²) in [5, 5.41) is 3.57. The molecule has 1 atom stereocenters. The first-order valence-electron chi connectivity index (χ1n) is 6.21. The van der Waals surface area contributed by atoms with Crippen molar-refractivity contribution >= 4 is 0 Å². The van der Waals surface area contributed by atoms with Crippen LogP contribution in [0.3, 0.4) is 0 Å². The molecule has 0 amide bonds. The molecule has 0 aromatic carbocycles. The molecule has 1 saturated carbocycles. The summed E-state index contributed by atoms with van der Waals surface area (Å²) in [6, 6.07) is 0.983. The van der Waals surface area contributed by atoms with Crippen LogP contribution < -0.4 is 5.32 Å². The monoisotopic (exact) mass is 223 g/mol. The lowest BCUT2D eigenvalue weighted by Gasteiger charge is -2.36. The second-order valence-electron chi connectivity index (χ2n) is 4.86. The third-order valence-corrected chi connectivity index (χ3v) is 3.51. The smallest absolute Gasteiger partial charge is 0.168 e. The van der Waals surface area contributed by atoms with Crippen LogP contribution in [-0.2, 0) is 9.47 Å². The lowest BCUT2D eigenvalue weighted by molar-refractivity contribution is -0.179. The van der Waals surface area contributed by atoms with Gasteiger partial charge in [0.05, 0.1) is 13.2 Å². The average Bonchev–Trinajstić information content (AvgIpc) is 2.71. The Morgan fingerprint density at radius 3 is 2.56 bits per heavy atom. The van der Waals surface area contributed by atoms with Crippen LogP contribution in [0.5, 0.6) is 0 Å². The summed E-state index contributed by atoms with van der Waals surface area (Å²) < 4.78 is 11.4. The summed E-state index contributed by atoms with van der Waals surface area (Å²) in [4.78, 5) is 0. The molecular weight excluding hydrogens is 202 g/mol. The summed E-state index contributed by atoms with van der Waals surface area (Å²) in [6.07, 6.45) is 10.4. The molecule has 1 saturated heterocycles. The van der Waals surface area contributed by atoms with Crippen LogP contribution in [0.25, 0.3) is 0 Å². The lowest BCUT2D eigenvalue weighted by atomic mass is 9.89. The average molecular weight is 223 g/mol. The van der Waals surface area contributed by atoms with Gasteiger partial charge in [0.15, 0.2) is 5.79 Å². The number of hydrogen-bond donors (Lipinski definition) is 1. The van der Waals surface area contributed by atoms with Crippen molar-refractivity contribution < 1.29 is 9.47 Å². The largest absolute Gasteiger partial charge is 0.348 e. The molecule has 1 spiro atoms. The number of terminal acetylenes is 1. The lowest BCUT2D eigenvalue weighted by Crippen LogP contribution is -2.44. The Kier molecular flexibility index (Phi) is 3.86. The number of hydrogen-bond acceptors (Lipinski definition) is 3. The highest BCUT2D eigenvalue weighted by Crippen LogP contribution is 2.35. The molecule has 1 aliphatic heterocycles. The maximum atomic E-state index is 5.70. The zero-order valence-corrected chi connectivity index (χ0v) is 10.00. The van der Waals surface area contributed by atoms with Gasteiger partial charge in [-0.1, -0.05) is 0 Å². The van der Waals surface area contributed by atoms with Gasteiger partial charge < -0.3 is 14.8 Å². The summed E-state index contributed by atoms with van der Waals surface area (Å²) >= 11 is 0. The Balaban J connectivity index is 1.75. The molecule has 0 radical (unpaired) electrons. The van der Waals surface area contributed by atoms with Gasteiger partial charge in [-0.25, -0.2) is 0 Å². The minimum atomic E-state index is -0.243. The second-order valence-corrected chi connectivity index (χ2v) is 4.86. The molecule has 0 aromatic rings. The van der Waals surface area contributed by atoms with Gasteiger partial charge in [0.2, 0.25) is 0 Å². The molecule has 1 aliphatic carbocycles. The molecular formula is C13H21NO2. The van der Waals surface area contributed by atoms with Gasteiger partial charge in [-0.2, -0.15) is 0 Å². The highest BCUT2D eigenvalue weighted by Gasteiger charge is 2.40. The van der Waals surface area contributed by atoms with Gasteiger partial charge >= 0.3 is 0 Å². The van der Waals surface area contributed by atoms with E-state index in [9.17, 15) is 0 Å². The molecule has 2 aliphatic rings. The Morgan fingerprint density at radius 2 is 2.00 bits per heavy atom. The van der Waals surface area contributed by atoms with Crippen LogP contribution in [0.2, 0.25) is 0 Å². The molecule has 2 rings (SSSR count). The third kappa shape index (κ3) is 2.76. The van der Waals surface area contributed by atoms with Crippen LogP contribution in [0.4, 0.5) is 0 Å². The van der Waals surface area contributed by atoms with Crippen molar-refractivity contribution in [2.45, 2.75) is 56.9 Å². The van der Waals surface area contributed by atoms with E-state index in [0.29, 0.717) is 12.1 Å². The van der Waals surface area contributed by atoms with E-state index in [2.05, 4.69) is 18.2 Å². The highest BCUT2D eigenvalue weighted by molar-refractivity contribution is 4.91. The van der Waals surface area contributed by atoms with Crippen LogP contribution in [0.15, 0.2) is 0 Å². The van der Waals surface area contributed by atoms with E-state index in [1.165, 1.54) is 0 Å². The molecule has 3 heteroatoms. The van der Waals surface area contributed by atoms with Gasteiger partial charge in [-0.15, -0.1) is 12.3 Å². The summed E-state index contributed by atoms with van der Waals surface area (Å²) in [5.41, 5.74) is 0. The maximum absolute atomic E-state index is 5.70. The zero-order valence-electron chi connectivity index (χ0n) is 10.00. The Bertz CT molecular complexity index is 256. The molecule has 0 bridgehead atoms. The number of rotatable bonds is 3. The van der Waals surface area contributed by atoms with Gasteiger partial charge in [0.25, 0.3) is 0 Å². The van der Waals surface area contributed by atoms with Crippen LogP contribution >= 0.6 is 0 Å². The van der Waals surface area contributed by atoms with Crippen molar-refractivity contribution in [2.75, 3.05) is 13.2 Å². The van der Waals surface area contributed by atoms with Crippen LogP contribution in [0.1, 0.15) is 39.0 Å². The first-order valence-corrected chi connectivity index (χ1v) is 6.21.